The molecule has 2 N–H and O–H groups in total. The van der Waals surface area contributed by atoms with Gasteiger partial charge in [0.1, 0.15) is 17.5 Å². The molecular weight excluding hydrogens is 452 g/mol. The van der Waals surface area contributed by atoms with Crippen molar-refractivity contribution in [3.05, 3.63) is 72.1 Å². The first kappa shape index (κ1) is 22.1. The fourth-order valence-electron chi connectivity index (χ4n) is 3.99. The summed E-state index contributed by atoms with van der Waals surface area (Å²) in [6, 6.07) is 10.6. The number of ether oxygens (including phenoxy) is 3. The number of aromatic amines is 1. The van der Waals surface area contributed by atoms with Crippen LogP contribution in [0.2, 0.25) is 0 Å². The molecule has 0 spiro atoms. The summed E-state index contributed by atoms with van der Waals surface area (Å²) in [5, 5.41) is 10.0. The van der Waals surface area contributed by atoms with Crippen LogP contribution in [0.1, 0.15) is 34.3 Å². The summed E-state index contributed by atoms with van der Waals surface area (Å²) in [7, 11) is 2.94. The number of nitrogens with one attached hydrogen (secondary N) is 2. The van der Waals surface area contributed by atoms with Crippen LogP contribution in [0.15, 0.2) is 55.1 Å². The monoisotopic (exact) mass is 474 g/mol. The largest absolute Gasteiger partial charge is 0.493 e. The van der Waals surface area contributed by atoms with Gasteiger partial charge in [0.25, 0.3) is 0 Å². The highest BCUT2D eigenvalue weighted by molar-refractivity contribution is 5.99. The highest BCUT2D eigenvalue weighted by Gasteiger charge is 2.36. The van der Waals surface area contributed by atoms with Crippen molar-refractivity contribution >= 4 is 17.6 Å². The number of anilines is 1. The quantitative estimate of drug-likeness (QED) is 0.373. The Morgan fingerprint density at radius 2 is 2.11 bits per heavy atom. The number of esters is 1. The molecule has 2 aromatic carbocycles. The van der Waals surface area contributed by atoms with Crippen LogP contribution in [0.25, 0.3) is 11.4 Å². The molecule has 11 nitrogen and oxygen atoms in total. The lowest BCUT2D eigenvalue weighted by Crippen LogP contribution is -2.15. The maximum atomic E-state index is 12.8. The Labute approximate surface area is 200 Å². The van der Waals surface area contributed by atoms with E-state index in [0.717, 1.165) is 5.56 Å². The number of cyclic esters (lactones) is 1. The van der Waals surface area contributed by atoms with Gasteiger partial charge in [-0.05, 0) is 18.2 Å². The predicted octanol–water partition coefficient (Wildman–Crippen LogP) is 2.97. The molecule has 5 rings (SSSR count). The average molecular weight is 474 g/mol. The molecule has 4 aromatic rings. The topological polar surface area (TPSA) is 133 Å². The molecule has 3 heterocycles. The minimum Gasteiger partial charge on any atom is -0.493 e. The molecule has 0 fully saturated rings. The minimum atomic E-state index is -0.723. The smallest absolute Gasteiger partial charge is 0.343 e. The molecular formula is C24H22N6O5. The van der Waals surface area contributed by atoms with Crippen LogP contribution in [0.5, 0.6) is 11.5 Å². The molecule has 1 aliphatic rings. The molecule has 0 bridgehead atoms. The number of carbonyl (C=O) groups is 2. The van der Waals surface area contributed by atoms with Crippen LogP contribution in [0.4, 0.5) is 5.69 Å². The number of amides is 1. The second-order valence-corrected chi connectivity index (χ2v) is 7.83. The zero-order valence-electron chi connectivity index (χ0n) is 19.0. The second-order valence-electron chi connectivity index (χ2n) is 7.83. The number of imidazole rings is 1. The van der Waals surface area contributed by atoms with Crippen LogP contribution >= 0.6 is 0 Å². The summed E-state index contributed by atoms with van der Waals surface area (Å²) in [6.45, 7) is 0.516. The van der Waals surface area contributed by atoms with Gasteiger partial charge in [0.05, 0.1) is 33.5 Å². The standard InChI is InChI=1S/C24H22N6O5/c1-33-17-7-6-16-18(35-24(32)21(16)22(17)34-2)11-20(31)26-15-5-3-4-14(10-15)23-27-19(28-29-23)12-30-9-8-25-13-30/h3-10,13,18H,11-12H2,1-2H3,(H,26,31)(H,27,28,29)/t18-/m1/s1. The van der Waals surface area contributed by atoms with Crippen LogP contribution in [-0.4, -0.2) is 50.8 Å². The van der Waals surface area contributed by atoms with Crippen molar-refractivity contribution in [3.8, 4) is 22.9 Å². The van der Waals surface area contributed by atoms with Gasteiger partial charge in [0.2, 0.25) is 5.91 Å². The summed E-state index contributed by atoms with van der Waals surface area (Å²) >= 11 is 0. The van der Waals surface area contributed by atoms with Crippen molar-refractivity contribution in [1.29, 1.82) is 0 Å². The molecule has 35 heavy (non-hydrogen) atoms. The molecule has 1 amide bonds. The van der Waals surface area contributed by atoms with E-state index in [-0.39, 0.29) is 17.9 Å². The fourth-order valence-corrected chi connectivity index (χ4v) is 3.99. The van der Waals surface area contributed by atoms with Crippen LogP contribution in [-0.2, 0) is 16.1 Å². The molecule has 178 valence electrons. The van der Waals surface area contributed by atoms with E-state index in [4.69, 9.17) is 14.2 Å². The first-order valence-corrected chi connectivity index (χ1v) is 10.8. The number of H-pyrrole nitrogens is 1. The molecule has 0 unspecified atom stereocenters. The lowest BCUT2D eigenvalue weighted by atomic mass is 10.0. The van der Waals surface area contributed by atoms with Gasteiger partial charge in [0, 0.05) is 29.2 Å². The van der Waals surface area contributed by atoms with Crippen LogP contribution < -0.4 is 14.8 Å². The lowest BCUT2D eigenvalue weighted by molar-refractivity contribution is -0.118. The number of hydrogen-bond acceptors (Lipinski definition) is 8. The first-order chi connectivity index (χ1) is 17.1. The van der Waals surface area contributed by atoms with E-state index in [1.54, 1.807) is 42.9 Å². The van der Waals surface area contributed by atoms with E-state index in [2.05, 4.69) is 25.5 Å². The minimum absolute atomic E-state index is 0.0475. The third kappa shape index (κ3) is 4.43. The SMILES string of the molecule is COc1ccc2c(c1OC)C(=O)O[C@@H]2CC(=O)Nc1cccc(-c2n[nH]c(Cn3ccnc3)n2)c1. The normalized spacial score (nSPS) is 14.3. The number of nitrogens with zero attached hydrogens (tertiary/aromatic N) is 4. The number of fused-ring (bicyclic) bond motifs is 1. The Kier molecular flexibility index (Phi) is 5.88. The zero-order chi connectivity index (χ0) is 24.4. The highest BCUT2D eigenvalue weighted by atomic mass is 16.6. The van der Waals surface area contributed by atoms with Gasteiger partial charge >= 0.3 is 5.97 Å². The van der Waals surface area contributed by atoms with Gasteiger partial charge in [-0.15, -0.1) is 0 Å². The number of benzene rings is 2. The summed E-state index contributed by atoms with van der Waals surface area (Å²) < 4.78 is 17.9. The number of aromatic nitrogens is 5. The zero-order valence-corrected chi connectivity index (χ0v) is 19.0. The first-order valence-electron chi connectivity index (χ1n) is 10.8. The Hall–Kier alpha value is -4.67. The van der Waals surface area contributed by atoms with E-state index in [0.29, 0.717) is 40.9 Å². The van der Waals surface area contributed by atoms with Gasteiger partial charge in [-0.25, -0.2) is 14.8 Å². The van der Waals surface area contributed by atoms with Crippen molar-refractivity contribution in [2.24, 2.45) is 0 Å². The Bertz CT molecular complexity index is 1380. The number of carbonyl (C=O) groups excluding carboxylic acids is 2. The summed E-state index contributed by atoms with van der Waals surface area (Å²) in [5.74, 6) is 1.05. The maximum absolute atomic E-state index is 12.8. The summed E-state index contributed by atoms with van der Waals surface area (Å²) in [5.41, 5.74) is 2.18. The Morgan fingerprint density at radius 1 is 1.23 bits per heavy atom. The van der Waals surface area contributed by atoms with Crippen molar-refractivity contribution in [3.63, 3.8) is 0 Å². The third-order valence-corrected chi connectivity index (χ3v) is 5.58. The van der Waals surface area contributed by atoms with Gasteiger partial charge in [-0.1, -0.05) is 18.2 Å². The average Bonchev–Trinajstić information content (AvgIpc) is 3.61. The number of rotatable bonds is 8. The van der Waals surface area contributed by atoms with Gasteiger partial charge in [-0.2, -0.15) is 5.10 Å². The van der Waals surface area contributed by atoms with Crippen molar-refractivity contribution in [1.82, 2.24) is 24.7 Å². The molecule has 11 heteroatoms. The molecule has 0 saturated carbocycles. The van der Waals surface area contributed by atoms with E-state index < -0.39 is 12.1 Å². The number of hydrogen-bond donors (Lipinski definition) is 2. The molecule has 0 saturated heterocycles. The molecule has 0 radical (unpaired) electrons. The Morgan fingerprint density at radius 3 is 2.89 bits per heavy atom. The predicted molar refractivity (Wildman–Crippen MR) is 124 cm³/mol. The van der Waals surface area contributed by atoms with Gasteiger partial charge in [-0.3, -0.25) is 9.89 Å². The van der Waals surface area contributed by atoms with Crippen LogP contribution in [0, 0.1) is 0 Å². The maximum Gasteiger partial charge on any atom is 0.343 e. The molecule has 1 aliphatic heterocycles. The second kappa shape index (κ2) is 9.29. The highest BCUT2D eigenvalue weighted by Crippen LogP contribution is 2.43. The van der Waals surface area contributed by atoms with E-state index in [1.165, 1.54) is 14.2 Å². The lowest BCUT2D eigenvalue weighted by Gasteiger charge is -2.13. The van der Waals surface area contributed by atoms with Crippen LogP contribution in [0.3, 0.4) is 0 Å². The molecule has 2 aromatic heterocycles. The third-order valence-electron chi connectivity index (χ3n) is 5.58. The molecule has 0 aliphatic carbocycles. The fraction of sp³-hybridized carbons (Fsp3) is 0.208. The van der Waals surface area contributed by atoms with Crippen molar-refractivity contribution in [2.75, 3.05) is 19.5 Å². The van der Waals surface area contributed by atoms with Crippen molar-refractivity contribution in [2.45, 2.75) is 19.1 Å². The summed E-state index contributed by atoms with van der Waals surface area (Å²) in [4.78, 5) is 33.8. The van der Waals surface area contributed by atoms with E-state index >= 15 is 0 Å². The van der Waals surface area contributed by atoms with E-state index in [1.807, 2.05) is 16.8 Å². The number of methoxy groups -OCH3 is 2. The Balaban J connectivity index is 1.28. The van der Waals surface area contributed by atoms with Crippen molar-refractivity contribution < 1.29 is 23.8 Å². The molecule has 1 atom stereocenters. The van der Waals surface area contributed by atoms with Gasteiger partial charge in [0.15, 0.2) is 17.3 Å². The van der Waals surface area contributed by atoms with Gasteiger partial charge < -0.3 is 24.1 Å². The van der Waals surface area contributed by atoms with E-state index in [9.17, 15) is 9.59 Å². The summed E-state index contributed by atoms with van der Waals surface area (Å²) in [6.07, 6.45) is 4.46.